The third kappa shape index (κ3) is 2.99. The second kappa shape index (κ2) is 6.06. The van der Waals surface area contributed by atoms with Crippen molar-refractivity contribution in [1.29, 1.82) is 0 Å². The molecular formula is C17H20N2O. The summed E-state index contributed by atoms with van der Waals surface area (Å²) in [5, 5.41) is 3.10. The fourth-order valence-electron chi connectivity index (χ4n) is 2.69. The maximum absolute atomic E-state index is 5.89. The molecule has 1 aliphatic rings. The van der Waals surface area contributed by atoms with Crippen molar-refractivity contribution < 1.29 is 4.74 Å². The minimum atomic E-state index is 0.661. The highest BCUT2D eigenvalue weighted by Gasteiger charge is 2.10. The molecule has 0 fully saturated rings. The molecule has 104 valence electrons. The molecule has 1 heterocycles. The largest absolute Gasteiger partial charge is 0.439 e. The first kappa shape index (κ1) is 13.1. The van der Waals surface area contributed by atoms with Crippen molar-refractivity contribution in [2.45, 2.75) is 32.2 Å². The van der Waals surface area contributed by atoms with Crippen molar-refractivity contribution in [1.82, 2.24) is 10.3 Å². The lowest BCUT2D eigenvalue weighted by Crippen LogP contribution is -2.07. The van der Waals surface area contributed by atoms with E-state index >= 15 is 0 Å². The third-order valence-corrected chi connectivity index (χ3v) is 3.68. The van der Waals surface area contributed by atoms with Crippen molar-refractivity contribution in [3.8, 4) is 11.6 Å². The summed E-state index contributed by atoms with van der Waals surface area (Å²) in [7, 11) is 1.92. The smallest absolute Gasteiger partial charge is 0.219 e. The van der Waals surface area contributed by atoms with Crippen LogP contribution < -0.4 is 10.1 Å². The van der Waals surface area contributed by atoms with E-state index < -0.39 is 0 Å². The Kier molecular flexibility index (Phi) is 3.97. The topological polar surface area (TPSA) is 34.1 Å². The van der Waals surface area contributed by atoms with E-state index in [2.05, 4.69) is 28.5 Å². The van der Waals surface area contributed by atoms with Gasteiger partial charge in [-0.15, -0.1) is 0 Å². The molecule has 0 unspecified atom stereocenters. The standard InChI is InChI=1S/C17H20N2O/c1-18-12-15-7-4-8-17(19-15)20-16-10-9-13-5-2-3-6-14(13)11-16/h4,7-11,18H,2-3,5-6,12H2,1H3. The summed E-state index contributed by atoms with van der Waals surface area (Å²) in [5.74, 6) is 1.55. The van der Waals surface area contributed by atoms with Gasteiger partial charge in [0, 0.05) is 12.6 Å². The van der Waals surface area contributed by atoms with Gasteiger partial charge in [-0.05, 0) is 62.1 Å². The van der Waals surface area contributed by atoms with E-state index in [0.29, 0.717) is 5.88 Å². The van der Waals surface area contributed by atoms with Crippen LogP contribution in [0.3, 0.4) is 0 Å². The molecule has 0 saturated heterocycles. The summed E-state index contributed by atoms with van der Waals surface area (Å²) in [6.45, 7) is 0.751. The molecule has 0 amide bonds. The number of rotatable bonds is 4. The first-order valence-electron chi connectivity index (χ1n) is 7.25. The van der Waals surface area contributed by atoms with Gasteiger partial charge in [0.05, 0.1) is 5.69 Å². The average Bonchev–Trinajstić information content (AvgIpc) is 2.48. The number of hydrogen-bond donors (Lipinski definition) is 1. The van der Waals surface area contributed by atoms with Gasteiger partial charge in [0.1, 0.15) is 5.75 Å². The summed E-state index contributed by atoms with van der Waals surface area (Å²) in [6.07, 6.45) is 4.96. The second-order valence-corrected chi connectivity index (χ2v) is 5.24. The van der Waals surface area contributed by atoms with Crippen molar-refractivity contribution >= 4 is 0 Å². The molecule has 0 spiro atoms. The zero-order chi connectivity index (χ0) is 13.8. The predicted octanol–water partition coefficient (Wildman–Crippen LogP) is 3.47. The Balaban J connectivity index is 1.78. The summed E-state index contributed by atoms with van der Waals surface area (Å²) >= 11 is 0. The van der Waals surface area contributed by atoms with Crippen LogP contribution in [0.4, 0.5) is 0 Å². The van der Waals surface area contributed by atoms with Crippen LogP contribution >= 0.6 is 0 Å². The molecule has 0 radical (unpaired) electrons. The number of nitrogens with one attached hydrogen (secondary N) is 1. The van der Waals surface area contributed by atoms with E-state index in [0.717, 1.165) is 18.0 Å². The van der Waals surface area contributed by atoms with E-state index in [-0.39, 0.29) is 0 Å². The van der Waals surface area contributed by atoms with E-state index in [4.69, 9.17) is 4.74 Å². The number of fused-ring (bicyclic) bond motifs is 1. The summed E-state index contributed by atoms with van der Waals surface area (Å²) in [4.78, 5) is 4.49. The number of benzene rings is 1. The van der Waals surface area contributed by atoms with Gasteiger partial charge >= 0.3 is 0 Å². The molecule has 20 heavy (non-hydrogen) atoms. The van der Waals surface area contributed by atoms with Crippen LogP contribution in [0.5, 0.6) is 11.6 Å². The Morgan fingerprint density at radius 3 is 2.80 bits per heavy atom. The quantitative estimate of drug-likeness (QED) is 0.922. The van der Waals surface area contributed by atoms with Crippen LogP contribution in [0.15, 0.2) is 36.4 Å². The Morgan fingerprint density at radius 2 is 1.95 bits per heavy atom. The van der Waals surface area contributed by atoms with Gasteiger partial charge in [-0.3, -0.25) is 0 Å². The first-order valence-corrected chi connectivity index (χ1v) is 7.25. The summed E-state index contributed by atoms with van der Waals surface area (Å²) < 4.78 is 5.89. The molecule has 1 aromatic heterocycles. The van der Waals surface area contributed by atoms with Crippen LogP contribution in [0, 0.1) is 0 Å². The number of pyridine rings is 1. The molecule has 2 aromatic rings. The van der Waals surface area contributed by atoms with E-state index in [1.807, 2.05) is 25.2 Å². The predicted molar refractivity (Wildman–Crippen MR) is 80.2 cm³/mol. The highest BCUT2D eigenvalue weighted by Crippen LogP contribution is 2.27. The Bertz CT molecular complexity index is 595. The van der Waals surface area contributed by atoms with Crippen LogP contribution in [0.2, 0.25) is 0 Å². The zero-order valence-corrected chi connectivity index (χ0v) is 11.9. The minimum Gasteiger partial charge on any atom is -0.439 e. The molecule has 1 aromatic carbocycles. The number of aryl methyl sites for hydroxylation is 2. The monoisotopic (exact) mass is 268 g/mol. The maximum atomic E-state index is 5.89. The van der Waals surface area contributed by atoms with Crippen LogP contribution in [-0.2, 0) is 19.4 Å². The van der Waals surface area contributed by atoms with Gasteiger partial charge < -0.3 is 10.1 Å². The molecule has 3 heteroatoms. The van der Waals surface area contributed by atoms with Crippen molar-refractivity contribution in [3.63, 3.8) is 0 Å². The lowest BCUT2D eigenvalue weighted by molar-refractivity contribution is 0.458. The molecule has 0 aliphatic heterocycles. The van der Waals surface area contributed by atoms with Gasteiger partial charge in [-0.25, -0.2) is 4.98 Å². The van der Waals surface area contributed by atoms with Crippen molar-refractivity contribution in [3.05, 3.63) is 53.2 Å². The van der Waals surface area contributed by atoms with E-state index in [1.165, 1.54) is 36.8 Å². The Labute approximate surface area is 120 Å². The van der Waals surface area contributed by atoms with Gasteiger partial charge in [-0.1, -0.05) is 12.1 Å². The molecule has 3 rings (SSSR count). The van der Waals surface area contributed by atoms with Crippen molar-refractivity contribution in [2.75, 3.05) is 7.05 Å². The summed E-state index contributed by atoms with van der Waals surface area (Å²) in [6, 6.07) is 12.3. The average molecular weight is 268 g/mol. The van der Waals surface area contributed by atoms with Gasteiger partial charge in [-0.2, -0.15) is 0 Å². The zero-order valence-electron chi connectivity index (χ0n) is 11.9. The van der Waals surface area contributed by atoms with Gasteiger partial charge in [0.2, 0.25) is 5.88 Å². The minimum absolute atomic E-state index is 0.661. The molecule has 0 atom stereocenters. The number of hydrogen-bond acceptors (Lipinski definition) is 3. The van der Waals surface area contributed by atoms with Gasteiger partial charge in [0.25, 0.3) is 0 Å². The fourth-order valence-corrected chi connectivity index (χ4v) is 2.69. The maximum Gasteiger partial charge on any atom is 0.219 e. The number of nitrogens with zero attached hydrogens (tertiary/aromatic N) is 1. The highest BCUT2D eigenvalue weighted by molar-refractivity contribution is 5.38. The first-order chi connectivity index (χ1) is 9.85. The van der Waals surface area contributed by atoms with E-state index in [1.54, 1.807) is 0 Å². The number of aromatic nitrogens is 1. The lowest BCUT2D eigenvalue weighted by atomic mass is 9.92. The lowest BCUT2D eigenvalue weighted by Gasteiger charge is -2.16. The van der Waals surface area contributed by atoms with Gasteiger partial charge in [0.15, 0.2) is 0 Å². The fraction of sp³-hybridized carbons (Fsp3) is 0.353. The molecular weight excluding hydrogens is 248 g/mol. The van der Waals surface area contributed by atoms with E-state index in [9.17, 15) is 0 Å². The van der Waals surface area contributed by atoms with Crippen LogP contribution in [0.1, 0.15) is 29.7 Å². The molecule has 0 bridgehead atoms. The molecule has 0 saturated carbocycles. The number of ether oxygens (including phenoxy) is 1. The Hall–Kier alpha value is -1.87. The third-order valence-electron chi connectivity index (χ3n) is 3.68. The SMILES string of the molecule is CNCc1cccc(Oc2ccc3c(c2)CCCC3)n1. The normalized spacial score (nSPS) is 13.8. The Morgan fingerprint density at radius 1 is 1.10 bits per heavy atom. The van der Waals surface area contributed by atoms with Crippen molar-refractivity contribution in [2.24, 2.45) is 0 Å². The molecule has 1 N–H and O–H groups in total. The van der Waals surface area contributed by atoms with Crippen LogP contribution in [-0.4, -0.2) is 12.0 Å². The molecule has 3 nitrogen and oxygen atoms in total. The van der Waals surface area contributed by atoms with Crippen LogP contribution in [0.25, 0.3) is 0 Å². The highest BCUT2D eigenvalue weighted by atomic mass is 16.5. The summed E-state index contributed by atoms with van der Waals surface area (Å²) in [5.41, 5.74) is 3.89. The second-order valence-electron chi connectivity index (χ2n) is 5.24. The molecule has 1 aliphatic carbocycles.